The molecule has 0 bridgehead atoms. The monoisotopic (exact) mass is 259 g/mol. The smallest absolute Gasteiger partial charge is 0.367 e. The van der Waals surface area contributed by atoms with Gasteiger partial charge in [0.2, 0.25) is 5.91 Å². The number of nitrogens with zero attached hydrogens (tertiary/aromatic N) is 1. The highest BCUT2D eigenvalue weighted by molar-refractivity contribution is 6.18. The topological polar surface area (TPSA) is 29.5 Å². The Bertz CT molecular complexity index is 272. The van der Waals surface area contributed by atoms with Gasteiger partial charge in [0.15, 0.2) is 5.60 Å². The summed E-state index contributed by atoms with van der Waals surface area (Å²) in [6.45, 7) is -0.383. The van der Waals surface area contributed by atoms with Gasteiger partial charge in [0, 0.05) is 32.4 Å². The quantitative estimate of drug-likeness (QED) is 0.724. The molecule has 1 saturated heterocycles. The molecule has 1 atom stereocenters. The highest BCUT2D eigenvalue weighted by Crippen LogP contribution is 2.40. The van der Waals surface area contributed by atoms with Crippen molar-refractivity contribution in [3.8, 4) is 0 Å². The normalized spacial score (nSPS) is 26.2. The molecule has 7 heteroatoms. The second-order valence-electron chi connectivity index (χ2n) is 3.70. The maximum Gasteiger partial charge on any atom is 0.419 e. The number of hydrogen-bond acceptors (Lipinski definition) is 2. The molecular weight excluding hydrogens is 247 g/mol. The Morgan fingerprint density at radius 2 is 2.19 bits per heavy atom. The Balaban J connectivity index is 2.72. The first-order chi connectivity index (χ1) is 7.36. The SMILES string of the molecule is CO[C@@]1(C(F)(F)F)CCN(C(=O)CCCl)C1. The lowest BCUT2D eigenvalue weighted by atomic mass is 10.0. The number of carbonyl (C=O) groups is 1. The second-order valence-corrected chi connectivity index (χ2v) is 4.08. The van der Waals surface area contributed by atoms with Crippen LogP contribution in [0.15, 0.2) is 0 Å². The highest BCUT2D eigenvalue weighted by Gasteiger charge is 2.59. The molecule has 1 heterocycles. The summed E-state index contributed by atoms with van der Waals surface area (Å²) in [6, 6.07) is 0. The summed E-state index contributed by atoms with van der Waals surface area (Å²) >= 11 is 5.37. The summed E-state index contributed by atoms with van der Waals surface area (Å²) in [5.74, 6) is -0.250. The van der Waals surface area contributed by atoms with Crippen molar-refractivity contribution >= 4 is 17.5 Å². The molecule has 0 radical (unpaired) electrons. The largest absolute Gasteiger partial charge is 0.419 e. The Morgan fingerprint density at radius 3 is 2.56 bits per heavy atom. The number of alkyl halides is 4. The predicted octanol–water partition coefficient (Wildman–Crippen LogP) is 1.80. The molecule has 0 aromatic rings. The lowest BCUT2D eigenvalue weighted by Crippen LogP contribution is -2.49. The Hall–Kier alpha value is -0.490. The van der Waals surface area contributed by atoms with Crippen molar-refractivity contribution in [2.45, 2.75) is 24.6 Å². The zero-order chi connectivity index (χ0) is 12.4. The first-order valence-corrected chi connectivity index (χ1v) is 5.35. The average Bonchev–Trinajstić information content (AvgIpc) is 2.62. The number of ether oxygens (including phenoxy) is 1. The van der Waals surface area contributed by atoms with Gasteiger partial charge in [0.05, 0.1) is 6.54 Å². The molecule has 1 fully saturated rings. The van der Waals surface area contributed by atoms with Crippen LogP contribution in [0.3, 0.4) is 0 Å². The Labute approximate surface area is 96.5 Å². The van der Waals surface area contributed by atoms with Crippen molar-refractivity contribution in [1.82, 2.24) is 4.90 Å². The van der Waals surface area contributed by atoms with Crippen LogP contribution >= 0.6 is 11.6 Å². The zero-order valence-corrected chi connectivity index (χ0v) is 9.57. The molecule has 0 aromatic carbocycles. The molecule has 1 amide bonds. The van der Waals surface area contributed by atoms with Gasteiger partial charge >= 0.3 is 6.18 Å². The summed E-state index contributed by atoms with van der Waals surface area (Å²) in [6.07, 6.45) is -4.63. The van der Waals surface area contributed by atoms with Crippen LogP contribution < -0.4 is 0 Å². The number of carbonyl (C=O) groups excluding carboxylic acids is 1. The number of hydrogen-bond donors (Lipinski definition) is 0. The van der Waals surface area contributed by atoms with Gasteiger partial charge in [-0.25, -0.2) is 0 Å². The van der Waals surface area contributed by atoms with Crippen molar-refractivity contribution < 1.29 is 22.7 Å². The molecule has 1 rings (SSSR count). The fraction of sp³-hybridized carbons (Fsp3) is 0.889. The number of likely N-dealkylation sites (tertiary alicyclic amines) is 1. The minimum absolute atomic E-state index is 0.0548. The van der Waals surface area contributed by atoms with Crippen molar-refractivity contribution in [3.63, 3.8) is 0 Å². The molecule has 0 N–H and O–H groups in total. The van der Waals surface area contributed by atoms with E-state index in [9.17, 15) is 18.0 Å². The van der Waals surface area contributed by atoms with Crippen LogP contribution in [0, 0.1) is 0 Å². The maximum absolute atomic E-state index is 12.7. The molecule has 16 heavy (non-hydrogen) atoms. The van der Waals surface area contributed by atoms with Crippen molar-refractivity contribution in [1.29, 1.82) is 0 Å². The van der Waals surface area contributed by atoms with Crippen LogP contribution in [0.5, 0.6) is 0 Å². The molecule has 0 spiro atoms. The molecule has 0 aliphatic carbocycles. The Morgan fingerprint density at radius 1 is 1.56 bits per heavy atom. The first kappa shape index (κ1) is 13.6. The first-order valence-electron chi connectivity index (χ1n) is 4.82. The van der Waals surface area contributed by atoms with Crippen molar-refractivity contribution in [2.24, 2.45) is 0 Å². The van der Waals surface area contributed by atoms with Gasteiger partial charge in [-0.15, -0.1) is 11.6 Å². The van der Waals surface area contributed by atoms with Gasteiger partial charge in [-0.05, 0) is 0 Å². The van der Waals surface area contributed by atoms with E-state index in [0.29, 0.717) is 0 Å². The van der Waals surface area contributed by atoms with E-state index in [1.807, 2.05) is 0 Å². The van der Waals surface area contributed by atoms with E-state index in [1.165, 1.54) is 0 Å². The van der Waals surface area contributed by atoms with E-state index in [-0.39, 0.29) is 31.2 Å². The van der Waals surface area contributed by atoms with E-state index < -0.39 is 18.3 Å². The van der Waals surface area contributed by atoms with Crippen LogP contribution in [0.4, 0.5) is 13.2 Å². The number of amides is 1. The predicted molar refractivity (Wildman–Crippen MR) is 52.3 cm³/mol. The van der Waals surface area contributed by atoms with Gasteiger partial charge in [0.1, 0.15) is 0 Å². The Kier molecular flexibility index (Phi) is 4.07. The molecule has 3 nitrogen and oxygen atoms in total. The third-order valence-electron chi connectivity index (χ3n) is 2.80. The van der Waals surface area contributed by atoms with E-state index in [4.69, 9.17) is 11.6 Å². The van der Waals surface area contributed by atoms with Crippen LogP contribution in [0.1, 0.15) is 12.8 Å². The lowest BCUT2D eigenvalue weighted by Gasteiger charge is -2.30. The fourth-order valence-corrected chi connectivity index (χ4v) is 1.91. The summed E-state index contributed by atoms with van der Waals surface area (Å²) in [5.41, 5.74) is -2.21. The van der Waals surface area contributed by atoms with Crippen molar-refractivity contribution in [2.75, 3.05) is 26.1 Å². The van der Waals surface area contributed by atoms with E-state index in [2.05, 4.69) is 4.74 Å². The minimum Gasteiger partial charge on any atom is -0.367 e. The average molecular weight is 260 g/mol. The zero-order valence-electron chi connectivity index (χ0n) is 8.81. The molecule has 0 saturated carbocycles. The van der Waals surface area contributed by atoms with E-state index in [0.717, 1.165) is 12.0 Å². The van der Waals surface area contributed by atoms with Crippen LogP contribution in [-0.4, -0.2) is 48.7 Å². The maximum atomic E-state index is 12.7. The van der Waals surface area contributed by atoms with Gasteiger partial charge in [-0.2, -0.15) is 13.2 Å². The number of rotatable bonds is 3. The summed E-state index contributed by atoms with van der Waals surface area (Å²) in [5, 5.41) is 0. The van der Waals surface area contributed by atoms with Gasteiger partial charge in [-0.1, -0.05) is 0 Å². The molecule has 1 aliphatic rings. The summed E-state index contributed by atoms with van der Waals surface area (Å²) in [4.78, 5) is 12.5. The van der Waals surface area contributed by atoms with Gasteiger partial charge in [0.25, 0.3) is 0 Å². The van der Waals surface area contributed by atoms with Gasteiger partial charge < -0.3 is 9.64 Å². The number of methoxy groups -OCH3 is 1. The molecular formula is C9H13ClF3NO2. The summed E-state index contributed by atoms with van der Waals surface area (Å²) in [7, 11) is 1.02. The van der Waals surface area contributed by atoms with Crippen LogP contribution in [-0.2, 0) is 9.53 Å². The third kappa shape index (κ3) is 2.43. The molecule has 94 valence electrons. The molecule has 0 unspecified atom stereocenters. The molecule has 0 aromatic heterocycles. The second kappa shape index (κ2) is 4.79. The summed E-state index contributed by atoms with van der Waals surface area (Å²) < 4.78 is 42.8. The fourth-order valence-electron chi connectivity index (χ4n) is 1.75. The lowest BCUT2D eigenvalue weighted by molar-refractivity contribution is -0.263. The third-order valence-corrected chi connectivity index (χ3v) is 2.99. The van der Waals surface area contributed by atoms with Crippen molar-refractivity contribution in [3.05, 3.63) is 0 Å². The molecule has 1 aliphatic heterocycles. The highest BCUT2D eigenvalue weighted by atomic mass is 35.5. The van der Waals surface area contributed by atoms with Crippen LogP contribution in [0.2, 0.25) is 0 Å². The number of halogens is 4. The van der Waals surface area contributed by atoms with E-state index >= 15 is 0 Å². The van der Waals surface area contributed by atoms with Crippen LogP contribution in [0.25, 0.3) is 0 Å². The van der Waals surface area contributed by atoms with E-state index in [1.54, 1.807) is 0 Å². The van der Waals surface area contributed by atoms with Gasteiger partial charge in [-0.3, -0.25) is 4.79 Å². The minimum atomic E-state index is -4.46. The standard InChI is InChI=1S/C9H13ClF3NO2/c1-16-8(9(11,12)13)3-5-14(6-8)7(15)2-4-10/h2-6H2,1H3/t8-/m0/s1.